The fourth-order valence-electron chi connectivity index (χ4n) is 2.86. The average molecular weight is 328 g/mol. The first-order valence-electron chi connectivity index (χ1n) is 8.27. The van der Waals surface area contributed by atoms with Crippen LogP contribution in [0.1, 0.15) is 36.4 Å². The summed E-state index contributed by atoms with van der Waals surface area (Å²) < 4.78 is 13.1. The molecule has 0 aromatic heterocycles. The predicted molar refractivity (Wildman–Crippen MR) is 95.3 cm³/mol. The quantitative estimate of drug-likeness (QED) is 0.840. The Hall–Kier alpha value is -2.20. The van der Waals surface area contributed by atoms with E-state index in [0.29, 0.717) is 13.0 Å². The van der Waals surface area contributed by atoms with Crippen molar-refractivity contribution in [1.29, 1.82) is 0 Å². The van der Waals surface area contributed by atoms with Gasteiger partial charge >= 0.3 is 0 Å². The zero-order valence-electron chi connectivity index (χ0n) is 14.5. The zero-order chi connectivity index (χ0) is 17.5. The summed E-state index contributed by atoms with van der Waals surface area (Å²) in [5.41, 5.74) is 2.01. The molecule has 2 aromatic carbocycles. The molecule has 0 saturated carbocycles. The van der Waals surface area contributed by atoms with Gasteiger partial charge in [0.1, 0.15) is 5.82 Å². The third kappa shape index (κ3) is 4.65. The Balaban J connectivity index is 2.05. The van der Waals surface area contributed by atoms with E-state index >= 15 is 0 Å². The molecular formula is C20H25FN2O. The van der Waals surface area contributed by atoms with Gasteiger partial charge in [0.05, 0.1) is 12.0 Å². The van der Waals surface area contributed by atoms with Crippen LogP contribution in [0.4, 0.5) is 4.39 Å². The normalized spacial score (nSPS) is 13.5. The van der Waals surface area contributed by atoms with Crippen LogP contribution in [0.15, 0.2) is 54.6 Å². The minimum Gasteiger partial charge on any atom is -0.354 e. The minimum atomic E-state index is -0.286. The summed E-state index contributed by atoms with van der Waals surface area (Å²) in [5, 5.41) is 3.05. The molecule has 0 aliphatic carbocycles. The average Bonchev–Trinajstić information content (AvgIpc) is 2.58. The fourth-order valence-corrected chi connectivity index (χ4v) is 2.86. The van der Waals surface area contributed by atoms with Crippen molar-refractivity contribution in [1.82, 2.24) is 10.2 Å². The number of carbonyl (C=O) groups excluding carboxylic acids is 1. The molecule has 24 heavy (non-hydrogen) atoms. The van der Waals surface area contributed by atoms with Crippen molar-refractivity contribution in [3.05, 3.63) is 71.5 Å². The SMILES string of the molecule is CCC(C(=O)NCC(c1ccccc1)N(C)C)c1ccc(F)cc1. The maximum Gasteiger partial charge on any atom is 0.227 e. The highest BCUT2D eigenvalue weighted by Crippen LogP contribution is 2.21. The maximum atomic E-state index is 13.1. The highest BCUT2D eigenvalue weighted by atomic mass is 19.1. The van der Waals surface area contributed by atoms with Crippen molar-refractivity contribution in [2.24, 2.45) is 0 Å². The molecule has 0 spiro atoms. The van der Waals surface area contributed by atoms with Gasteiger partial charge in [-0.15, -0.1) is 0 Å². The van der Waals surface area contributed by atoms with Crippen LogP contribution >= 0.6 is 0 Å². The summed E-state index contributed by atoms with van der Waals surface area (Å²) in [6, 6.07) is 16.4. The predicted octanol–water partition coefficient (Wildman–Crippen LogP) is 3.74. The zero-order valence-corrected chi connectivity index (χ0v) is 14.5. The first kappa shape index (κ1) is 18.1. The van der Waals surface area contributed by atoms with Crippen LogP contribution in [-0.4, -0.2) is 31.4 Å². The van der Waals surface area contributed by atoms with Crippen molar-refractivity contribution in [2.45, 2.75) is 25.3 Å². The molecule has 0 heterocycles. The monoisotopic (exact) mass is 328 g/mol. The number of carbonyl (C=O) groups is 1. The fraction of sp³-hybridized carbons (Fsp3) is 0.350. The Kier molecular flexibility index (Phi) is 6.50. The molecule has 2 aromatic rings. The first-order chi connectivity index (χ1) is 11.5. The van der Waals surface area contributed by atoms with Gasteiger partial charge in [-0.05, 0) is 43.8 Å². The lowest BCUT2D eigenvalue weighted by atomic mass is 9.95. The number of amides is 1. The van der Waals surface area contributed by atoms with Crippen molar-refractivity contribution >= 4 is 5.91 Å². The standard InChI is InChI=1S/C20H25FN2O/c1-4-18(15-10-12-17(21)13-11-15)20(24)22-14-19(23(2)3)16-8-6-5-7-9-16/h5-13,18-19H,4,14H2,1-3H3,(H,22,24). The van der Waals surface area contributed by atoms with Crippen LogP contribution < -0.4 is 5.32 Å². The van der Waals surface area contributed by atoms with Gasteiger partial charge in [-0.3, -0.25) is 4.79 Å². The topological polar surface area (TPSA) is 32.3 Å². The lowest BCUT2D eigenvalue weighted by molar-refractivity contribution is -0.122. The molecule has 1 amide bonds. The number of nitrogens with one attached hydrogen (secondary N) is 1. The highest BCUT2D eigenvalue weighted by Gasteiger charge is 2.21. The van der Waals surface area contributed by atoms with E-state index in [0.717, 1.165) is 11.1 Å². The Morgan fingerprint density at radius 2 is 1.67 bits per heavy atom. The van der Waals surface area contributed by atoms with Crippen LogP contribution in [0.2, 0.25) is 0 Å². The molecule has 1 N–H and O–H groups in total. The molecule has 3 nitrogen and oxygen atoms in total. The molecule has 0 radical (unpaired) electrons. The molecule has 128 valence electrons. The summed E-state index contributed by atoms with van der Waals surface area (Å²) in [6.45, 7) is 2.50. The number of rotatable bonds is 7. The first-order valence-corrected chi connectivity index (χ1v) is 8.27. The second-order valence-corrected chi connectivity index (χ2v) is 6.15. The number of nitrogens with zero attached hydrogens (tertiary/aromatic N) is 1. The molecule has 0 fully saturated rings. The highest BCUT2D eigenvalue weighted by molar-refractivity contribution is 5.83. The maximum absolute atomic E-state index is 13.1. The largest absolute Gasteiger partial charge is 0.354 e. The van der Waals surface area contributed by atoms with Gasteiger partial charge in [0.25, 0.3) is 0 Å². The Morgan fingerprint density at radius 3 is 2.21 bits per heavy atom. The number of hydrogen-bond acceptors (Lipinski definition) is 2. The van der Waals surface area contributed by atoms with E-state index in [1.807, 2.05) is 39.2 Å². The van der Waals surface area contributed by atoms with E-state index in [1.165, 1.54) is 12.1 Å². The van der Waals surface area contributed by atoms with Gasteiger partial charge in [0.15, 0.2) is 0 Å². The van der Waals surface area contributed by atoms with Crippen LogP contribution in [0.3, 0.4) is 0 Å². The molecule has 2 unspecified atom stereocenters. The summed E-state index contributed by atoms with van der Waals surface area (Å²) in [4.78, 5) is 14.7. The number of benzene rings is 2. The Bertz CT molecular complexity index is 640. The summed E-state index contributed by atoms with van der Waals surface area (Å²) in [7, 11) is 4.00. The van der Waals surface area contributed by atoms with Crippen LogP contribution in [0.25, 0.3) is 0 Å². The molecule has 0 saturated heterocycles. The van der Waals surface area contributed by atoms with Crippen molar-refractivity contribution in [3.8, 4) is 0 Å². The molecular weight excluding hydrogens is 303 g/mol. The summed E-state index contributed by atoms with van der Waals surface area (Å²) in [6.07, 6.45) is 0.676. The molecule has 2 atom stereocenters. The second kappa shape index (κ2) is 8.60. The third-order valence-corrected chi connectivity index (χ3v) is 4.27. The van der Waals surface area contributed by atoms with Crippen LogP contribution in [0.5, 0.6) is 0 Å². The molecule has 2 rings (SSSR count). The second-order valence-electron chi connectivity index (χ2n) is 6.15. The van der Waals surface area contributed by atoms with Gasteiger partial charge in [0.2, 0.25) is 5.91 Å². The number of likely N-dealkylation sites (N-methyl/N-ethyl adjacent to an activating group) is 1. The lowest BCUT2D eigenvalue weighted by Gasteiger charge is -2.26. The Labute approximate surface area is 143 Å². The summed E-state index contributed by atoms with van der Waals surface area (Å²) in [5.74, 6) is -0.568. The number of halogens is 1. The van der Waals surface area contributed by atoms with E-state index in [-0.39, 0.29) is 23.7 Å². The van der Waals surface area contributed by atoms with E-state index in [4.69, 9.17) is 0 Å². The minimum absolute atomic E-state index is 0.0214. The van der Waals surface area contributed by atoms with Gasteiger partial charge < -0.3 is 10.2 Å². The van der Waals surface area contributed by atoms with Crippen molar-refractivity contribution in [3.63, 3.8) is 0 Å². The van der Waals surface area contributed by atoms with E-state index in [9.17, 15) is 9.18 Å². The third-order valence-electron chi connectivity index (χ3n) is 4.27. The van der Waals surface area contributed by atoms with E-state index in [1.54, 1.807) is 12.1 Å². The van der Waals surface area contributed by atoms with Crippen molar-refractivity contribution < 1.29 is 9.18 Å². The smallest absolute Gasteiger partial charge is 0.227 e. The van der Waals surface area contributed by atoms with Gasteiger partial charge in [-0.2, -0.15) is 0 Å². The molecule has 0 bridgehead atoms. The molecule has 0 aliphatic rings. The van der Waals surface area contributed by atoms with Crippen molar-refractivity contribution in [2.75, 3.05) is 20.6 Å². The van der Waals surface area contributed by atoms with Crippen LogP contribution in [-0.2, 0) is 4.79 Å². The van der Waals surface area contributed by atoms with Gasteiger partial charge in [-0.1, -0.05) is 49.4 Å². The van der Waals surface area contributed by atoms with E-state index in [2.05, 4.69) is 22.3 Å². The van der Waals surface area contributed by atoms with Gasteiger partial charge in [0, 0.05) is 6.54 Å². The molecule has 4 heteroatoms. The number of hydrogen-bond donors (Lipinski definition) is 1. The Morgan fingerprint density at radius 1 is 1.04 bits per heavy atom. The van der Waals surface area contributed by atoms with Gasteiger partial charge in [-0.25, -0.2) is 4.39 Å². The summed E-state index contributed by atoms with van der Waals surface area (Å²) >= 11 is 0. The van der Waals surface area contributed by atoms with E-state index < -0.39 is 0 Å². The molecule has 0 aliphatic heterocycles. The lowest BCUT2D eigenvalue weighted by Crippen LogP contribution is -2.37. The van der Waals surface area contributed by atoms with Crippen LogP contribution in [0, 0.1) is 5.82 Å².